The number of rotatable bonds is 2. The van der Waals surface area contributed by atoms with Gasteiger partial charge in [-0.1, -0.05) is 0 Å². The number of benzene rings is 1. The van der Waals surface area contributed by atoms with Crippen molar-refractivity contribution < 1.29 is 14.6 Å². The summed E-state index contributed by atoms with van der Waals surface area (Å²) in [7, 11) is 0. The molecule has 72 valence electrons. The van der Waals surface area contributed by atoms with Crippen molar-refractivity contribution in [3.8, 4) is 5.75 Å². The molecule has 0 aliphatic rings. The van der Waals surface area contributed by atoms with Gasteiger partial charge in [0.05, 0.1) is 10.6 Å². The molecule has 2 N–H and O–H groups in total. The molecule has 0 heterocycles. The number of hydrogen-bond donors (Lipinski definition) is 2. The first-order valence-corrected chi connectivity index (χ1v) is 4.65. The van der Waals surface area contributed by atoms with E-state index < -0.39 is 11.9 Å². The van der Waals surface area contributed by atoms with Gasteiger partial charge in [-0.15, -0.1) is 0 Å². The number of hydrogen-bond acceptors (Lipinski definition) is 2. The van der Waals surface area contributed by atoms with Gasteiger partial charge in [-0.3, -0.25) is 0 Å². The predicted molar refractivity (Wildman–Crippen MR) is 51.1 cm³/mol. The Bertz CT molecular complexity index is 313. The van der Waals surface area contributed by atoms with E-state index in [1.165, 1.54) is 6.07 Å². The van der Waals surface area contributed by atoms with Gasteiger partial charge in [0.25, 0.3) is 0 Å². The molecule has 13 heavy (non-hydrogen) atoms. The number of aliphatic hydroxyl groups is 1. The van der Waals surface area contributed by atoms with Crippen molar-refractivity contribution >= 4 is 15.9 Å². The van der Waals surface area contributed by atoms with Crippen LogP contribution in [-0.4, -0.2) is 16.3 Å². The third-order valence-electron chi connectivity index (χ3n) is 1.63. The lowest BCUT2D eigenvalue weighted by atomic mass is 10.1. The highest BCUT2D eigenvalue weighted by Crippen LogP contribution is 2.27. The van der Waals surface area contributed by atoms with Gasteiger partial charge in [-0.2, -0.15) is 0 Å². The first-order chi connectivity index (χ1) is 6.00. The molecule has 1 rings (SSSR count). The molecule has 0 saturated heterocycles. The Labute approximate surface area is 84.1 Å². The fourth-order valence-electron chi connectivity index (χ4n) is 1.05. The van der Waals surface area contributed by atoms with Crippen LogP contribution >= 0.6 is 15.9 Å². The van der Waals surface area contributed by atoms with E-state index in [0.29, 0.717) is 10.0 Å². The molecule has 0 fully saturated rings. The summed E-state index contributed by atoms with van der Waals surface area (Å²) >= 11 is 3.07. The fraction of sp³-hybridized carbons (Fsp3) is 0.333. The second-order valence-electron chi connectivity index (χ2n) is 2.95. The minimum atomic E-state index is -0.592. The fourth-order valence-corrected chi connectivity index (χ4v) is 1.44. The Morgan fingerprint density at radius 1 is 1.54 bits per heavy atom. The number of halogens is 2. The lowest BCUT2D eigenvalue weighted by Crippen LogP contribution is -2.05. The Kier molecular flexibility index (Phi) is 3.27. The maximum atomic E-state index is 13.1. The number of phenols is 1. The highest BCUT2D eigenvalue weighted by atomic mass is 79.9. The molecule has 0 aliphatic heterocycles. The van der Waals surface area contributed by atoms with Gasteiger partial charge in [0, 0.05) is 12.5 Å². The van der Waals surface area contributed by atoms with E-state index in [4.69, 9.17) is 10.2 Å². The van der Waals surface area contributed by atoms with Gasteiger partial charge >= 0.3 is 0 Å². The van der Waals surface area contributed by atoms with Crippen LogP contribution in [0.4, 0.5) is 4.39 Å². The van der Waals surface area contributed by atoms with E-state index in [1.807, 2.05) is 0 Å². The van der Waals surface area contributed by atoms with Crippen LogP contribution in [0.5, 0.6) is 5.75 Å². The summed E-state index contributed by atoms with van der Waals surface area (Å²) in [5, 5.41) is 18.2. The molecule has 0 spiro atoms. The average Bonchev–Trinajstić information content (AvgIpc) is 1.99. The third-order valence-corrected chi connectivity index (χ3v) is 2.27. The number of phenolic OH excluding ortho intramolecular Hbond substituents is 1. The number of aromatic hydroxyl groups is 1. The summed E-state index contributed by atoms with van der Waals surface area (Å²) in [6.07, 6.45) is -0.351. The Morgan fingerprint density at radius 2 is 2.15 bits per heavy atom. The molecule has 1 unspecified atom stereocenters. The largest absolute Gasteiger partial charge is 0.507 e. The van der Waals surface area contributed by atoms with E-state index in [1.54, 1.807) is 6.92 Å². The molecule has 0 saturated carbocycles. The van der Waals surface area contributed by atoms with Crippen LogP contribution in [0.3, 0.4) is 0 Å². The quantitative estimate of drug-likeness (QED) is 0.843. The molecule has 0 radical (unpaired) electrons. The molecular formula is C9H10BrFO2. The van der Waals surface area contributed by atoms with Crippen molar-refractivity contribution in [1.29, 1.82) is 0 Å². The monoisotopic (exact) mass is 248 g/mol. The van der Waals surface area contributed by atoms with Crippen LogP contribution in [-0.2, 0) is 6.42 Å². The molecule has 2 nitrogen and oxygen atoms in total. The zero-order valence-electron chi connectivity index (χ0n) is 7.09. The van der Waals surface area contributed by atoms with Gasteiger partial charge in [-0.25, -0.2) is 4.39 Å². The van der Waals surface area contributed by atoms with Crippen molar-refractivity contribution in [3.05, 3.63) is 28.0 Å². The molecule has 1 atom stereocenters. The zero-order valence-corrected chi connectivity index (χ0v) is 8.68. The molecule has 4 heteroatoms. The maximum absolute atomic E-state index is 13.1. The first kappa shape index (κ1) is 10.5. The molecular weight excluding hydrogens is 239 g/mol. The second-order valence-corrected chi connectivity index (χ2v) is 3.80. The van der Waals surface area contributed by atoms with E-state index >= 15 is 0 Å². The lowest BCUT2D eigenvalue weighted by molar-refractivity contribution is 0.194. The Balaban J connectivity index is 3.01. The standard InChI is InChI=1S/C9H10BrFO2/c1-5(12)2-6-3-7(10)9(13)4-8(6)11/h3-5,12-13H,2H2,1H3. The van der Waals surface area contributed by atoms with Crippen LogP contribution in [0, 0.1) is 5.82 Å². The van der Waals surface area contributed by atoms with E-state index in [0.717, 1.165) is 6.07 Å². The van der Waals surface area contributed by atoms with Crippen molar-refractivity contribution in [2.24, 2.45) is 0 Å². The molecule has 0 aromatic heterocycles. The molecule has 0 aliphatic carbocycles. The van der Waals surface area contributed by atoms with Gasteiger partial charge in [0.15, 0.2) is 0 Å². The molecule has 0 amide bonds. The second kappa shape index (κ2) is 4.07. The van der Waals surface area contributed by atoms with Crippen LogP contribution < -0.4 is 0 Å². The summed E-state index contributed by atoms with van der Waals surface area (Å²) in [5.74, 6) is -0.631. The topological polar surface area (TPSA) is 40.5 Å². The van der Waals surface area contributed by atoms with E-state index in [9.17, 15) is 4.39 Å². The third kappa shape index (κ3) is 2.67. The van der Waals surface area contributed by atoms with Gasteiger partial charge in [0.2, 0.25) is 0 Å². The summed E-state index contributed by atoms with van der Waals surface area (Å²) in [5.41, 5.74) is 0.389. The normalized spacial score (nSPS) is 12.9. The van der Waals surface area contributed by atoms with Crippen LogP contribution in [0.1, 0.15) is 12.5 Å². The highest BCUT2D eigenvalue weighted by molar-refractivity contribution is 9.10. The van der Waals surface area contributed by atoms with Crippen LogP contribution in [0.2, 0.25) is 0 Å². The molecule has 1 aromatic carbocycles. The average molecular weight is 249 g/mol. The smallest absolute Gasteiger partial charge is 0.132 e. The Hall–Kier alpha value is -0.610. The lowest BCUT2D eigenvalue weighted by Gasteiger charge is -2.07. The molecule has 1 aromatic rings. The van der Waals surface area contributed by atoms with Gasteiger partial charge < -0.3 is 10.2 Å². The summed E-state index contributed by atoms with van der Waals surface area (Å²) in [6.45, 7) is 1.58. The van der Waals surface area contributed by atoms with Crippen LogP contribution in [0.25, 0.3) is 0 Å². The van der Waals surface area contributed by atoms with Crippen molar-refractivity contribution in [1.82, 2.24) is 0 Å². The van der Waals surface area contributed by atoms with Crippen molar-refractivity contribution in [2.45, 2.75) is 19.4 Å². The first-order valence-electron chi connectivity index (χ1n) is 3.85. The number of aliphatic hydroxyl groups excluding tert-OH is 1. The summed E-state index contributed by atoms with van der Waals surface area (Å²) < 4.78 is 13.5. The summed E-state index contributed by atoms with van der Waals surface area (Å²) in [4.78, 5) is 0. The Morgan fingerprint density at radius 3 is 2.69 bits per heavy atom. The minimum Gasteiger partial charge on any atom is -0.507 e. The maximum Gasteiger partial charge on any atom is 0.132 e. The van der Waals surface area contributed by atoms with Gasteiger partial charge in [0.1, 0.15) is 11.6 Å². The zero-order chi connectivity index (χ0) is 10.0. The van der Waals surface area contributed by atoms with Gasteiger partial charge in [-0.05, 0) is 34.5 Å². The predicted octanol–water partition coefficient (Wildman–Crippen LogP) is 2.22. The van der Waals surface area contributed by atoms with E-state index in [-0.39, 0.29) is 12.2 Å². The molecule has 0 bridgehead atoms. The highest BCUT2D eigenvalue weighted by Gasteiger charge is 2.09. The minimum absolute atomic E-state index is 0.133. The SMILES string of the molecule is CC(O)Cc1cc(Br)c(O)cc1F. The summed E-state index contributed by atoms with van der Waals surface area (Å²) in [6, 6.07) is 2.50. The van der Waals surface area contributed by atoms with E-state index in [2.05, 4.69) is 15.9 Å². The van der Waals surface area contributed by atoms with Crippen molar-refractivity contribution in [3.63, 3.8) is 0 Å². The van der Waals surface area contributed by atoms with Crippen molar-refractivity contribution in [2.75, 3.05) is 0 Å². The van der Waals surface area contributed by atoms with Crippen LogP contribution in [0.15, 0.2) is 16.6 Å².